The van der Waals surface area contributed by atoms with Gasteiger partial charge in [0.15, 0.2) is 5.15 Å². The highest BCUT2D eigenvalue weighted by Gasteiger charge is 2.22. The highest BCUT2D eigenvalue weighted by Crippen LogP contribution is 2.33. The second-order valence-electron chi connectivity index (χ2n) is 4.64. The quantitative estimate of drug-likeness (QED) is 0.822. The topological polar surface area (TPSA) is 44.2 Å². The van der Waals surface area contributed by atoms with Crippen LogP contribution >= 0.6 is 23.2 Å². The molecular weight excluding hydrogens is 299 g/mol. The first-order chi connectivity index (χ1) is 9.70. The third kappa shape index (κ3) is 3.52. The lowest BCUT2D eigenvalue weighted by Crippen LogP contribution is -1.99. The molecule has 104 valence electrons. The van der Waals surface area contributed by atoms with Gasteiger partial charge in [0.1, 0.15) is 11.5 Å². The van der Waals surface area contributed by atoms with Gasteiger partial charge in [-0.1, -0.05) is 23.2 Å². The first-order valence-corrected chi connectivity index (χ1v) is 7.06. The molecule has 0 unspecified atom stereocenters. The molecule has 3 rings (SSSR count). The van der Waals surface area contributed by atoms with Crippen LogP contribution in [-0.2, 0) is 0 Å². The summed E-state index contributed by atoms with van der Waals surface area (Å²) in [6.45, 7) is 0.749. The van der Waals surface area contributed by atoms with Gasteiger partial charge in [0.05, 0.1) is 11.6 Å². The first-order valence-electron chi connectivity index (χ1n) is 6.30. The van der Waals surface area contributed by atoms with Gasteiger partial charge < -0.3 is 9.47 Å². The van der Waals surface area contributed by atoms with Crippen LogP contribution in [0.2, 0.25) is 10.2 Å². The van der Waals surface area contributed by atoms with E-state index in [4.69, 9.17) is 32.7 Å². The molecule has 1 aliphatic carbocycles. The zero-order chi connectivity index (χ0) is 13.9. The lowest BCUT2D eigenvalue weighted by atomic mass is 10.3. The molecule has 1 heterocycles. The van der Waals surface area contributed by atoms with Crippen LogP contribution in [0, 0.1) is 5.92 Å². The first kappa shape index (κ1) is 13.5. The van der Waals surface area contributed by atoms with E-state index in [1.807, 2.05) is 6.07 Å². The monoisotopic (exact) mass is 310 g/mol. The number of rotatable bonds is 5. The van der Waals surface area contributed by atoms with E-state index in [1.54, 1.807) is 24.3 Å². The van der Waals surface area contributed by atoms with E-state index >= 15 is 0 Å². The van der Waals surface area contributed by atoms with Crippen LogP contribution in [0.4, 0.5) is 0 Å². The molecule has 0 aliphatic heterocycles. The van der Waals surface area contributed by atoms with Crippen molar-refractivity contribution >= 4 is 23.2 Å². The molecule has 0 atom stereocenters. The number of aromatic nitrogens is 2. The van der Waals surface area contributed by atoms with Crippen molar-refractivity contribution in [3.63, 3.8) is 0 Å². The molecule has 0 saturated heterocycles. The summed E-state index contributed by atoms with van der Waals surface area (Å²) in [5.41, 5.74) is 0. The Kier molecular flexibility index (Phi) is 3.94. The van der Waals surface area contributed by atoms with E-state index in [0.717, 1.165) is 12.4 Å². The highest BCUT2D eigenvalue weighted by atomic mass is 35.5. The molecule has 4 nitrogen and oxygen atoms in total. The minimum atomic E-state index is 0.312. The normalized spacial score (nSPS) is 14.1. The summed E-state index contributed by atoms with van der Waals surface area (Å²) in [5.74, 6) is 2.29. The van der Waals surface area contributed by atoms with Crippen LogP contribution < -0.4 is 9.47 Å². The minimum absolute atomic E-state index is 0.312. The second-order valence-corrected chi connectivity index (χ2v) is 5.44. The molecule has 1 aromatic carbocycles. The Morgan fingerprint density at radius 1 is 1.10 bits per heavy atom. The van der Waals surface area contributed by atoms with Crippen LogP contribution in [0.15, 0.2) is 30.3 Å². The van der Waals surface area contributed by atoms with Gasteiger partial charge in [-0.15, -0.1) is 10.2 Å². The smallest absolute Gasteiger partial charge is 0.239 e. The Labute approximate surface area is 126 Å². The molecule has 0 amide bonds. The van der Waals surface area contributed by atoms with E-state index in [-0.39, 0.29) is 0 Å². The number of nitrogens with zero attached hydrogens (tertiary/aromatic N) is 2. The molecule has 20 heavy (non-hydrogen) atoms. The highest BCUT2D eigenvalue weighted by molar-refractivity contribution is 6.32. The summed E-state index contributed by atoms with van der Waals surface area (Å²) in [5, 5.41) is 8.29. The summed E-state index contributed by atoms with van der Waals surface area (Å²) < 4.78 is 11.2. The van der Waals surface area contributed by atoms with Crippen LogP contribution in [0.3, 0.4) is 0 Å². The summed E-state index contributed by atoms with van der Waals surface area (Å²) in [7, 11) is 0. The van der Waals surface area contributed by atoms with E-state index in [9.17, 15) is 0 Å². The van der Waals surface area contributed by atoms with Crippen molar-refractivity contribution in [1.29, 1.82) is 0 Å². The average Bonchev–Trinajstić information content (AvgIpc) is 3.26. The van der Waals surface area contributed by atoms with Crippen molar-refractivity contribution in [2.75, 3.05) is 6.61 Å². The van der Waals surface area contributed by atoms with Gasteiger partial charge >= 0.3 is 0 Å². The molecule has 1 saturated carbocycles. The molecule has 1 aliphatic rings. The number of ether oxygens (including phenoxy) is 2. The van der Waals surface area contributed by atoms with Gasteiger partial charge in [-0.3, -0.25) is 0 Å². The summed E-state index contributed by atoms with van der Waals surface area (Å²) in [4.78, 5) is 0. The fraction of sp³-hybridized carbons (Fsp3) is 0.286. The van der Waals surface area contributed by atoms with Gasteiger partial charge in [-0.25, -0.2) is 0 Å². The molecule has 0 bridgehead atoms. The molecule has 0 N–H and O–H groups in total. The Morgan fingerprint density at radius 2 is 1.95 bits per heavy atom. The summed E-state index contributed by atoms with van der Waals surface area (Å²) in [6, 6.07) is 8.55. The number of hydrogen-bond acceptors (Lipinski definition) is 4. The maximum Gasteiger partial charge on any atom is 0.239 e. The van der Waals surface area contributed by atoms with E-state index in [0.29, 0.717) is 27.7 Å². The third-order valence-corrected chi connectivity index (χ3v) is 3.40. The average molecular weight is 311 g/mol. The predicted octanol–water partition coefficient (Wildman–Crippen LogP) is 4.36. The molecule has 0 spiro atoms. The SMILES string of the molecule is Clc1ccc(Oc2ccc(OCC3CC3)cc2Cl)nn1. The van der Waals surface area contributed by atoms with Gasteiger partial charge in [-0.05, 0) is 37.0 Å². The van der Waals surface area contributed by atoms with Gasteiger partial charge in [0.25, 0.3) is 0 Å². The van der Waals surface area contributed by atoms with Crippen molar-refractivity contribution in [2.45, 2.75) is 12.8 Å². The van der Waals surface area contributed by atoms with Gasteiger partial charge in [-0.2, -0.15) is 0 Å². The Bertz CT molecular complexity index is 601. The molecule has 6 heteroatoms. The Balaban J connectivity index is 1.68. The molecule has 1 fully saturated rings. The van der Waals surface area contributed by atoms with Crippen LogP contribution in [0.25, 0.3) is 0 Å². The summed E-state index contributed by atoms with van der Waals surface area (Å²) >= 11 is 11.8. The molecule has 2 aromatic rings. The number of hydrogen-bond donors (Lipinski definition) is 0. The predicted molar refractivity (Wildman–Crippen MR) is 76.8 cm³/mol. The fourth-order valence-corrected chi connectivity index (χ4v) is 1.93. The Morgan fingerprint density at radius 3 is 2.60 bits per heavy atom. The Hall–Kier alpha value is -1.52. The summed E-state index contributed by atoms with van der Waals surface area (Å²) in [6.07, 6.45) is 2.51. The van der Waals surface area contributed by atoms with Crippen LogP contribution in [-0.4, -0.2) is 16.8 Å². The standard InChI is InChI=1S/C14H12Cl2N2O2/c15-11-7-10(19-8-9-1-2-9)3-4-12(11)20-14-6-5-13(16)17-18-14/h3-7,9H,1-2,8H2. The molecule has 0 radical (unpaired) electrons. The van der Waals surface area contributed by atoms with E-state index < -0.39 is 0 Å². The third-order valence-electron chi connectivity index (χ3n) is 2.91. The lowest BCUT2D eigenvalue weighted by molar-refractivity contribution is 0.299. The van der Waals surface area contributed by atoms with Crippen molar-refractivity contribution < 1.29 is 9.47 Å². The van der Waals surface area contributed by atoms with Gasteiger partial charge in [0.2, 0.25) is 5.88 Å². The van der Waals surface area contributed by atoms with E-state index in [1.165, 1.54) is 12.8 Å². The van der Waals surface area contributed by atoms with Crippen LogP contribution in [0.1, 0.15) is 12.8 Å². The van der Waals surface area contributed by atoms with Crippen molar-refractivity contribution in [3.05, 3.63) is 40.5 Å². The molecule has 1 aromatic heterocycles. The zero-order valence-corrected chi connectivity index (χ0v) is 12.1. The number of halogens is 2. The largest absolute Gasteiger partial charge is 0.493 e. The fourth-order valence-electron chi connectivity index (χ4n) is 1.62. The molecular formula is C14H12Cl2N2O2. The maximum absolute atomic E-state index is 6.16. The van der Waals surface area contributed by atoms with Crippen LogP contribution in [0.5, 0.6) is 17.4 Å². The van der Waals surface area contributed by atoms with Crippen molar-refractivity contribution in [3.8, 4) is 17.4 Å². The maximum atomic E-state index is 6.16. The van der Waals surface area contributed by atoms with Crippen molar-refractivity contribution in [1.82, 2.24) is 10.2 Å². The van der Waals surface area contributed by atoms with Gasteiger partial charge in [0, 0.05) is 12.1 Å². The zero-order valence-electron chi connectivity index (χ0n) is 10.6. The van der Waals surface area contributed by atoms with Crippen molar-refractivity contribution in [2.24, 2.45) is 5.92 Å². The number of benzene rings is 1. The van der Waals surface area contributed by atoms with E-state index in [2.05, 4.69) is 10.2 Å². The second kappa shape index (κ2) is 5.85. The minimum Gasteiger partial charge on any atom is -0.493 e. The lowest BCUT2D eigenvalue weighted by Gasteiger charge is -2.09.